The van der Waals surface area contributed by atoms with Crippen molar-refractivity contribution in [2.24, 2.45) is 0 Å². The maximum atomic E-state index is 13.5. The summed E-state index contributed by atoms with van der Waals surface area (Å²) in [7, 11) is 0. The lowest BCUT2D eigenvalue weighted by Crippen LogP contribution is -2.31. The molecule has 0 bridgehead atoms. The summed E-state index contributed by atoms with van der Waals surface area (Å²) in [5.74, 6) is 1.09. The first-order valence-electron chi connectivity index (χ1n) is 11.9. The molecular weight excluding hydrogens is 429 g/mol. The SMILES string of the molecule is C=CCn1cc(C(=O)N(Cc2ccc(N(CC)C3CC3)nc2)c2ccc(F)cc2)nc1C.CC. The number of aryl methyl sites for hydroxylation is 1. The predicted octanol–water partition coefficient (Wildman–Crippen LogP) is 5.77. The van der Waals surface area contributed by atoms with Gasteiger partial charge >= 0.3 is 0 Å². The van der Waals surface area contributed by atoms with E-state index in [1.807, 2.05) is 43.7 Å². The molecule has 34 heavy (non-hydrogen) atoms. The lowest BCUT2D eigenvalue weighted by atomic mass is 10.2. The minimum Gasteiger partial charge on any atom is -0.354 e. The topological polar surface area (TPSA) is 54.3 Å². The average Bonchev–Trinajstić information content (AvgIpc) is 3.63. The van der Waals surface area contributed by atoms with Crippen molar-refractivity contribution in [2.45, 2.75) is 59.7 Å². The summed E-state index contributed by atoms with van der Waals surface area (Å²) < 4.78 is 15.4. The van der Waals surface area contributed by atoms with Crippen LogP contribution in [0.5, 0.6) is 0 Å². The van der Waals surface area contributed by atoms with Gasteiger partial charge in [0.15, 0.2) is 0 Å². The molecule has 1 aliphatic carbocycles. The van der Waals surface area contributed by atoms with E-state index in [1.54, 1.807) is 29.3 Å². The number of pyridine rings is 1. The third kappa shape index (κ3) is 5.90. The first-order valence-corrected chi connectivity index (χ1v) is 11.9. The highest BCUT2D eigenvalue weighted by atomic mass is 19.1. The zero-order chi connectivity index (χ0) is 24.7. The summed E-state index contributed by atoms with van der Waals surface area (Å²) in [6.45, 7) is 13.5. The number of amides is 1. The van der Waals surface area contributed by atoms with Gasteiger partial charge in [-0.1, -0.05) is 26.0 Å². The Balaban J connectivity index is 0.00000158. The van der Waals surface area contributed by atoms with Gasteiger partial charge < -0.3 is 14.4 Å². The van der Waals surface area contributed by atoms with Gasteiger partial charge in [-0.05, 0) is 62.6 Å². The smallest absolute Gasteiger partial charge is 0.278 e. The molecule has 0 spiro atoms. The van der Waals surface area contributed by atoms with Crippen LogP contribution < -0.4 is 9.80 Å². The van der Waals surface area contributed by atoms with E-state index in [4.69, 9.17) is 0 Å². The van der Waals surface area contributed by atoms with E-state index in [1.165, 1.54) is 25.0 Å². The van der Waals surface area contributed by atoms with E-state index < -0.39 is 0 Å². The van der Waals surface area contributed by atoms with Crippen LogP contribution in [0, 0.1) is 12.7 Å². The van der Waals surface area contributed by atoms with Crippen molar-refractivity contribution in [3.05, 3.63) is 84.3 Å². The Morgan fingerprint density at radius 2 is 1.91 bits per heavy atom. The maximum Gasteiger partial charge on any atom is 0.278 e. The zero-order valence-corrected chi connectivity index (χ0v) is 20.5. The highest BCUT2D eigenvalue weighted by Crippen LogP contribution is 2.30. The first-order chi connectivity index (χ1) is 16.5. The molecule has 1 amide bonds. The molecule has 1 fully saturated rings. The van der Waals surface area contributed by atoms with Crippen molar-refractivity contribution in [2.75, 3.05) is 16.3 Å². The monoisotopic (exact) mass is 463 g/mol. The Morgan fingerprint density at radius 3 is 2.47 bits per heavy atom. The molecule has 0 radical (unpaired) electrons. The van der Waals surface area contributed by atoms with E-state index in [0.29, 0.717) is 30.5 Å². The van der Waals surface area contributed by atoms with Gasteiger partial charge in [-0.25, -0.2) is 14.4 Å². The third-order valence-electron chi connectivity index (χ3n) is 5.68. The lowest BCUT2D eigenvalue weighted by molar-refractivity contribution is 0.0980. The molecule has 0 unspecified atom stereocenters. The largest absolute Gasteiger partial charge is 0.354 e. The number of benzene rings is 1. The fourth-order valence-electron chi connectivity index (χ4n) is 3.83. The van der Waals surface area contributed by atoms with Gasteiger partial charge in [-0.15, -0.1) is 6.58 Å². The summed E-state index contributed by atoms with van der Waals surface area (Å²) in [5, 5.41) is 0. The predicted molar refractivity (Wildman–Crippen MR) is 136 cm³/mol. The third-order valence-corrected chi connectivity index (χ3v) is 5.68. The van der Waals surface area contributed by atoms with E-state index in [2.05, 4.69) is 28.4 Å². The number of nitrogens with zero attached hydrogens (tertiary/aromatic N) is 5. The Hall–Kier alpha value is -3.48. The van der Waals surface area contributed by atoms with Crippen molar-refractivity contribution in [1.29, 1.82) is 0 Å². The molecule has 1 aromatic carbocycles. The molecular formula is C27H34FN5O. The van der Waals surface area contributed by atoms with Gasteiger partial charge in [0.05, 0.1) is 6.54 Å². The summed E-state index contributed by atoms with van der Waals surface area (Å²) in [6.07, 6.45) is 7.72. The van der Waals surface area contributed by atoms with Crippen molar-refractivity contribution in [3.63, 3.8) is 0 Å². The molecule has 0 atom stereocenters. The number of allylic oxidation sites excluding steroid dienone is 1. The van der Waals surface area contributed by atoms with Gasteiger partial charge in [0.25, 0.3) is 5.91 Å². The molecule has 2 aromatic heterocycles. The molecule has 0 saturated heterocycles. The number of hydrogen-bond donors (Lipinski definition) is 0. The summed E-state index contributed by atoms with van der Waals surface area (Å²) >= 11 is 0. The van der Waals surface area contributed by atoms with Crippen LogP contribution in [0.4, 0.5) is 15.9 Å². The quantitative estimate of drug-likeness (QED) is 0.378. The Kier molecular flexibility index (Phi) is 8.57. The molecule has 1 saturated carbocycles. The standard InChI is InChI=1S/C25H28FN5O.C2H6/c1-4-14-29-17-23(28-18(29)3)25(32)31(22-9-7-20(26)8-10-22)16-19-6-13-24(27-15-19)30(5-2)21-11-12-21;1-2/h4,6-10,13,15,17,21H,1,5,11-12,14,16H2,2-3H3;1-2H3. The maximum absolute atomic E-state index is 13.5. The molecule has 180 valence electrons. The molecule has 2 heterocycles. The summed E-state index contributed by atoms with van der Waals surface area (Å²) in [4.78, 5) is 26.4. The molecule has 0 aliphatic heterocycles. The van der Waals surface area contributed by atoms with Crippen LogP contribution in [0.15, 0.2) is 61.4 Å². The number of halogens is 1. The van der Waals surface area contributed by atoms with Gasteiger partial charge in [0, 0.05) is 37.2 Å². The van der Waals surface area contributed by atoms with E-state index in [-0.39, 0.29) is 11.7 Å². The number of rotatable bonds is 9. The minimum atomic E-state index is -0.349. The van der Waals surface area contributed by atoms with E-state index in [0.717, 1.165) is 23.8 Å². The molecule has 3 aromatic rings. The number of hydrogen-bond acceptors (Lipinski definition) is 4. The van der Waals surface area contributed by atoms with Crippen molar-refractivity contribution < 1.29 is 9.18 Å². The second-order valence-corrected chi connectivity index (χ2v) is 8.02. The van der Waals surface area contributed by atoms with E-state index >= 15 is 0 Å². The van der Waals surface area contributed by atoms with Crippen molar-refractivity contribution in [3.8, 4) is 0 Å². The summed E-state index contributed by atoms with van der Waals surface area (Å²) in [6, 6.07) is 10.5. The van der Waals surface area contributed by atoms with Gasteiger partial charge in [-0.2, -0.15) is 0 Å². The van der Waals surface area contributed by atoms with Gasteiger partial charge in [-0.3, -0.25) is 4.79 Å². The molecule has 6 nitrogen and oxygen atoms in total. The number of aromatic nitrogens is 3. The Labute approximate surface area is 201 Å². The number of carbonyl (C=O) groups is 1. The van der Waals surface area contributed by atoms with Crippen molar-refractivity contribution >= 4 is 17.4 Å². The van der Waals surface area contributed by atoms with Crippen LogP contribution in [0.1, 0.15) is 55.5 Å². The molecule has 1 aliphatic rings. The first kappa shape index (κ1) is 25.1. The van der Waals surface area contributed by atoms with Crippen LogP contribution >= 0.6 is 0 Å². The van der Waals surface area contributed by atoms with Crippen LogP contribution in [0.25, 0.3) is 0 Å². The van der Waals surface area contributed by atoms with Crippen LogP contribution in [0.3, 0.4) is 0 Å². The highest BCUT2D eigenvalue weighted by molar-refractivity contribution is 6.04. The Bertz CT molecular complexity index is 1090. The normalized spacial score (nSPS) is 12.5. The van der Waals surface area contributed by atoms with Crippen LogP contribution in [-0.2, 0) is 13.1 Å². The second-order valence-electron chi connectivity index (χ2n) is 8.02. The number of imidazole rings is 1. The molecule has 7 heteroatoms. The Morgan fingerprint density at radius 1 is 1.21 bits per heavy atom. The number of carbonyl (C=O) groups excluding carboxylic acids is 1. The highest BCUT2D eigenvalue weighted by Gasteiger charge is 2.29. The summed E-state index contributed by atoms with van der Waals surface area (Å²) in [5.41, 5.74) is 1.83. The number of anilines is 2. The van der Waals surface area contributed by atoms with Gasteiger partial charge in [0.2, 0.25) is 0 Å². The van der Waals surface area contributed by atoms with Crippen molar-refractivity contribution in [1.82, 2.24) is 14.5 Å². The van der Waals surface area contributed by atoms with E-state index in [9.17, 15) is 9.18 Å². The average molecular weight is 464 g/mol. The fourth-order valence-corrected chi connectivity index (χ4v) is 3.83. The lowest BCUT2D eigenvalue weighted by Gasteiger charge is -2.24. The molecule has 0 N–H and O–H groups in total. The van der Waals surface area contributed by atoms with Crippen LogP contribution in [-0.4, -0.2) is 33.0 Å². The fraction of sp³-hybridized carbons (Fsp3) is 0.370. The second kappa shape index (κ2) is 11.6. The minimum absolute atomic E-state index is 0.250. The zero-order valence-electron chi connectivity index (χ0n) is 20.5. The van der Waals surface area contributed by atoms with Gasteiger partial charge in [0.1, 0.15) is 23.2 Å². The van der Waals surface area contributed by atoms with Crippen LogP contribution in [0.2, 0.25) is 0 Å². The molecule has 4 rings (SSSR count).